The Morgan fingerprint density at radius 3 is 2.38 bits per heavy atom. The number of Topliss-reactive ketones (excluding diaryl/α,β-unsaturated/α-hetero) is 1. The number of amides is 1. The summed E-state index contributed by atoms with van der Waals surface area (Å²) in [5.74, 6) is -1.89. The number of aliphatic hydroxyl groups excluding tert-OH is 1. The Hall–Kier alpha value is -2.50. The molecule has 2 heterocycles. The highest BCUT2D eigenvalue weighted by Gasteiger charge is 2.47. The maximum atomic E-state index is 14.6. The van der Waals surface area contributed by atoms with Crippen LogP contribution in [0.4, 0.5) is 13.2 Å². The molecule has 40 heavy (non-hydrogen) atoms. The molecule has 0 spiro atoms. The van der Waals surface area contributed by atoms with Gasteiger partial charge >= 0.3 is 6.18 Å². The minimum Gasteiger partial charge on any atom is -0.368 e. The van der Waals surface area contributed by atoms with E-state index in [1.165, 1.54) is 17.3 Å². The second kappa shape index (κ2) is 11.1. The summed E-state index contributed by atoms with van der Waals surface area (Å²) in [5.41, 5.74) is -2.05. The lowest BCUT2D eigenvalue weighted by Gasteiger charge is -2.43. The van der Waals surface area contributed by atoms with Crippen molar-refractivity contribution in [3.63, 3.8) is 0 Å². The number of aryl methyl sites for hydroxylation is 1. The van der Waals surface area contributed by atoms with Crippen molar-refractivity contribution in [1.82, 2.24) is 19.7 Å². The molecule has 0 bridgehead atoms. The molecule has 2 fully saturated rings. The highest BCUT2D eigenvalue weighted by atomic mass is 35.5. The zero-order chi connectivity index (χ0) is 29.6. The van der Waals surface area contributed by atoms with E-state index in [9.17, 15) is 33.0 Å². The Labute approximate surface area is 236 Å². The fourth-order valence-corrected chi connectivity index (χ4v) is 6.68. The van der Waals surface area contributed by atoms with Crippen LogP contribution in [0.1, 0.15) is 97.3 Å². The third kappa shape index (κ3) is 6.06. The molecule has 0 saturated heterocycles. The summed E-state index contributed by atoms with van der Waals surface area (Å²) in [4.78, 5) is 32.3. The van der Waals surface area contributed by atoms with Gasteiger partial charge in [-0.05, 0) is 55.4 Å². The molecule has 0 radical (unpaired) electrons. The molecule has 220 valence electrons. The molecule has 8 nitrogen and oxygen atoms in total. The van der Waals surface area contributed by atoms with E-state index >= 15 is 0 Å². The SMILES string of the molecule is Cc1cncc(Cl)c1C(=O)CN(CC1(C)CCC1)C(=O)c1cnn([C@@H]2CCC(C(O)O)C(C)(C)C2)c1C(F)(F)F. The van der Waals surface area contributed by atoms with Crippen molar-refractivity contribution in [3.8, 4) is 0 Å². The molecule has 2 N–H and O–H groups in total. The van der Waals surface area contributed by atoms with Gasteiger partial charge in [-0.25, -0.2) is 0 Å². The highest BCUT2D eigenvalue weighted by molar-refractivity contribution is 6.34. The van der Waals surface area contributed by atoms with Gasteiger partial charge in [0.05, 0.1) is 29.4 Å². The van der Waals surface area contributed by atoms with Gasteiger partial charge in [0.25, 0.3) is 5.91 Å². The average molecular weight is 585 g/mol. The average Bonchev–Trinajstić information content (AvgIpc) is 3.27. The molecule has 2 aliphatic rings. The first kappa shape index (κ1) is 30.5. The number of nitrogens with zero attached hydrogens (tertiary/aromatic N) is 4. The van der Waals surface area contributed by atoms with Crippen molar-refractivity contribution in [3.05, 3.63) is 46.0 Å². The monoisotopic (exact) mass is 584 g/mol. The van der Waals surface area contributed by atoms with Crippen LogP contribution in [-0.4, -0.2) is 60.9 Å². The Kier molecular flexibility index (Phi) is 8.42. The van der Waals surface area contributed by atoms with Crippen molar-refractivity contribution >= 4 is 23.3 Å². The van der Waals surface area contributed by atoms with Gasteiger partial charge in [0, 0.05) is 30.4 Å². The number of halogens is 4. The Balaban J connectivity index is 1.69. The fourth-order valence-electron chi connectivity index (χ4n) is 6.37. The van der Waals surface area contributed by atoms with E-state index in [2.05, 4.69) is 10.1 Å². The van der Waals surface area contributed by atoms with Gasteiger partial charge in [0.1, 0.15) is 0 Å². The second-order valence-corrected chi connectivity index (χ2v) is 12.8. The van der Waals surface area contributed by atoms with Crippen molar-refractivity contribution in [2.24, 2.45) is 16.7 Å². The van der Waals surface area contributed by atoms with E-state index in [1.807, 2.05) is 6.92 Å². The zero-order valence-corrected chi connectivity index (χ0v) is 23.9. The van der Waals surface area contributed by atoms with Crippen molar-refractivity contribution < 1.29 is 33.0 Å². The minimum atomic E-state index is -4.89. The number of aromatic nitrogens is 3. The molecule has 4 rings (SSSR count). The summed E-state index contributed by atoms with van der Waals surface area (Å²) in [6.07, 6.45) is 0.532. The predicted octanol–water partition coefficient (Wildman–Crippen LogP) is 5.45. The minimum absolute atomic E-state index is 0.113. The van der Waals surface area contributed by atoms with Gasteiger partial charge in [-0.3, -0.25) is 19.3 Å². The van der Waals surface area contributed by atoms with Crippen LogP contribution in [-0.2, 0) is 6.18 Å². The van der Waals surface area contributed by atoms with Gasteiger partial charge in [0.15, 0.2) is 17.8 Å². The first-order chi connectivity index (χ1) is 18.5. The number of ketones is 1. The fraction of sp³-hybridized carbons (Fsp3) is 0.643. The lowest BCUT2D eigenvalue weighted by Crippen LogP contribution is -2.46. The number of aliphatic hydroxyl groups is 2. The summed E-state index contributed by atoms with van der Waals surface area (Å²) in [6.45, 7) is 6.86. The molecule has 0 aliphatic heterocycles. The molecule has 2 saturated carbocycles. The smallest absolute Gasteiger partial charge is 0.368 e. The standard InChI is InChI=1S/C28H36ClF3N4O4/c1-16-11-33-13-20(29)22(16)21(37)14-35(15-27(4)8-5-9-27)24(38)18-12-34-36(23(18)28(30,31)32)17-6-7-19(25(39)40)26(2,3)10-17/h11-13,17,19,25,39-40H,5-10,14-15H2,1-4H3/t17-,19?/m1/s1. The summed E-state index contributed by atoms with van der Waals surface area (Å²) in [6, 6.07) is -0.694. The first-order valence-electron chi connectivity index (χ1n) is 13.5. The molecule has 2 aromatic heterocycles. The van der Waals surface area contributed by atoms with Crippen molar-refractivity contribution in [2.45, 2.75) is 84.7 Å². The topological polar surface area (TPSA) is 109 Å². The Bertz CT molecular complexity index is 1250. The lowest BCUT2D eigenvalue weighted by atomic mass is 9.67. The third-order valence-corrected chi connectivity index (χ3v) is 8.99. The maximum Gasteiger partial charge on any atom is 0.433 e. The molecule has 0 aromatic carbocycles. The molecule has 2 aliphatic carbocycles. The van der Waals surface area contributed by atoms with Crippen LogP contribution in [0.3, 0.4) is 0 Å². The van der Waals surface area contributed by atoms with Crippen LogP contribution in [0.5, 0.6) is 0 Å². The number of alkyl halides is 3. The highest BCUT2D eigenvalue weighted by Crippen LogP contribution is 2.48. The largest absolute Gasteiger partial charge is 0.433 e. The normalized spacial score (nSPS) is 22.2. The Morgan fingerprint density at radius 1 is 1.18 bits per heavy atom. The molecule has 1 amide bonds. The maximum absolute atomic E-state index is 14.6. The van der Waals surface area contributed by atoms with Gasteiger partial charge in [0.2, 0.25) is 0 Å². The van der Waals surface area contributed by atoms with E-state index in [-0.39, 0.29) is 35.4 Å². The van der Waals surface area contributed by atoms with Gasteiger partial charge < -0.3 is 15.1 Å². The van der Waals surface area contributed by atoms with Crippen LogP contribution in [0.15, 0.2) is 18.6 Å². The molecular weight excluding hydrogens is 549 g/mol. The number of hydrogen-bond donors (Lipinski definition) is 2. The van der Waals surface area contributed by atoms with Gasteiger partial charge in [-0.1, -0.05) is 38.8 Å². The van der Waals surface area contributed by atoms with E-state index in [0.717, 1.165) is 30.1 Å². The summed E-state index contributed by atoms with van der Waals surface area (Å²) < 4.78 is 44.6. The van der Waals surface area contributed by atoms with E-state index in [0.29, 0.717) is 12.0 Å². The number of hydrogen-bond acceptors (Lipinski definition) is 6. The summed E-state index contributed by atoms with van der Waals surface area (Å²) in [5, 5.41) is 23.7. The van der Waals surface area contributed by atoms with E-state index in [1.54, 1.807) is 20.8 Å². The van der Waals surface area contributed by atoms with E-state index in [4.69, 9.17) is 11.6 Å². The van der Waals surface area contributed by atoms with Crippen LogP contribution in [0, 0.1) is 23.7 Å². The summed E-state index contributed by atoms with van der Waals surface area (Å²) >= 11 is 6.22. The first-order valence-corrected chi connectivity index (χ1v) is 13.9. The predicted molar refractivity (Wildman–Crippen MR) is 142 cm³/mol. The van der Waals surface area contributed by atoms with Crippen LogP contribution >= 0.6 is 11.6 Å². The van der Waals surface area contributed by atoms with Crippen LogP contribution in [0.25, 0.3) is 0 Å². The number of rotatable bonds is 8. The number of carbonyl (C=O) groups excluding carboxylic acids is 2. The molecule has 2 aromatic rings. The number of carbonyl (C=O) groups is 2. The van der Waals surface area contributed by atoms with Crippen LogP contribution < -0.4 is 0 Å². The zero-order valence-electron chi connectivity index (χ0n) is 23.1. The van der Waals surface area contributed by atoms with Gasteiger partial charge in [-0.2, -0.15) is 18.3 Å². The third-order valence-electron chi connectivity index (χ3n) is 8.70. The second-order valence-electron chi connectivity index (χ2n) is 12.4. The quantitative estimate of drug-likeness (QED) is 0.315. The van der Waals surface area contributed by atoms with Crippen molar-refractivity contribution in [2.75, 3.05) is 13.1 Å². The molecule has 12 heteroatoms. The van der Waals surface area contributed by atoms with E-state index < -0.39 is 59.3 Å². The van der Waals surface area contributed by atoms with Crippen LogP contribution in [0.2, 0.25) is 5.02 Å². The Morgan fingerprint density at radius 2 is 1.85 bits per heavy atom. The molecular formula is C28H36ClF3N4O4. The molecule has 2 atom stereocenters. The lowest BCUT2D eigenvalue weighted by molar-refractivity contribution is -0.151. The summed E-state index contributed by atoms with van der Waals surface area (Å²) in [7, 11) is 0. The molecule has 1 unspecified atom stereocenters. The number of pyridine rings is 1. The van der Waals surface area contributed by atoms with Crippen molar-refractivity contribution in [1.29, 1.82) is 0 Å². The van der Waals surface area contributed by atoms with Gasteiger partial charge in [-0.15, -0.1) is 0 Å².